The second kappa shape index (κ2) is 7.03. The maximum atomic E-state index is 4.70. The van der Waals surface area contributed by atoms with Crippen molar-refractivity contribution in [1.29, 1.82) is 0 Å². The highest BCUT2D eigenvalue weighted by Crippen LogP contribution is 2.25. The van der Waals surface area contributed by atoms with E-state index in [0.717, 1.165) is 51.6 Å². The average Bonchev–Trinajstić information content (AvgIpc) is 3.20. The summed E-state index contributed by atoms with van der Waals surface area (Å²) in [6.07, 6.45) is 4.04. The summed E-state index contributed by atoms with van der Waals surface area (Å²) >= 11 is 1.59. The fourth-order valence-electron chi connectivity index (χ4n) is 2.81. The molecule has 0 bridgehead atoms. The number of fused-ring (bicyclic) bond motifs is 2. The van der Waals surface area contributed by atoms with Crippen LogP contribution in [0.1, 0.15) is 25.6 Å². The monoisotopic (exact) mass is 349 g/mol. The number of aromatic nitrogens is 3. The van der Waals surface area contributed by atoms with Crippen LogP contribution in [0.4, 0.5) is 5.13 Å². The van der Waals surface area contributed by atoms with Crippen molar-refractivity contribution in [3.05, 3.63) is 54.4 Å². The van der Waals surface area contributed by atoms with Gasteiger partial charge in [0.2, 0.25) is 5.13 Å². The molecule has 0 amide bonds. The van der Waals surface area contributed by atoms with Gasteiger partial charge in [-0.15, -0.1) is 0 Å². The molecule has 0 radical (unpaired) electrons. The van der Waals surface area contributed by atoms with E-state index in [4.69, 9.17) is 4.98 Å². The van der Waals surface area contributed by atoms with Gasteiger partial charge in [0.05, 0.1) is 27.5 Å². The zero-order valence-electron chi connectivity index (χ0n) is 14.0. The number of hydrazone groups is 1. The van der Waals surface area contributed by atoms with Gasteiger partial charge in [-0.3, -0.25) is 5.43 Å². The van der Waals surface area contributed by atoms with Crippen molar-refractivity contribution in [3.63, 3.8) is 0 Å². The van der Waals surface area contributed by atoms with Gasteiger partial charge in [0.25, 0.3) is 0 Å². The summed E-state index contributed by atoms with van der Waals surface area (Å²) in [6.45, 7) is 3.14. The highest BCUT2D eigenvalue weighted by Gasteiger charge is 2.08. The molecule has 0 saturated heterocycles. The van der Waals surface area contributed by atoms with Crippen molar-refractivity contribution in [2.45, 2.75) is 26.3 Å². The molecular formula is C19H19N5S. The van der Waals surface area contributed by atoms with Crippen LogP contribution in [0.15, 0.2) is 53.6 Å². The molecule has 2 aromatic carbocycles. The Kier molecular flexibility index (Phi) is 4.43. The molecule has 2 heterocycles. The first-order valence-corrected chi connectivity index (χ1v) is 9.26. The molecule has 0 spiro atoms. The number of imidazole rings is 1. The molecule has 6 heteroatoms. The Hall–Kier alpha value is -2.73. The molecule has 0 atom stereocenters. The Bertz CT molecular complexity index is 998. The summed E-state index contributed by atoms with van der Waals surface area (Å²) < 4.78 is 3.37. The number of para-hydroxylation sites is 3. The van der Waals surface area contributed by atoms with Gasteiger partial charge in [-0.2, -0.15) is 5.10 Å². The lowest BCUT2D eigenvalue weighted by atomic mass is 10.3. The number of benzene rings is 2. The van der Waals surface area contributed by atoms with Crippen LogP contribution in [0.5, 0.6) is 0 Å². The maximum absolute atomic E-state index is 4.70. The van der Waals surface area contributed by atoms with Crippen LogP contribution in [0.25, 0.3) is 21.3 Å². The fraction of sp³-hybridized carbons (Fsp3) is 0.211. The minimum absolute atomic E-state index is 0.786. The molecule has 2 aromatic heterocycles. The van der Waals surface area contributed by atoms with Gasteiger partial charge in [0, 0.05) is 6.54 Å². The lowest BCUT2D eigenvalue weighted by Gasteiger charge is -2.05. The molecule has 1 N–H and O–H groups in total. The zero-order chi connectivity index (χ0) is 17.1. The quantitative estimate of drug-likeness (QED) is 0.398. The van der Waals surface area contributed by atoms with Crippen molar-refractivity contribution in [1.82, 2.24) is 14.5 Å². The van der Waals surface area contributed by atoms with Crippen LogP contribution in [0.3, 0.4) is 0 Å². The maximum Gasteiger partial charge on any atom is 0.204 e. The van der Waals surface area contributed by atoms with E-state index in [1.54, 1.807) is 17.6 Å². The number of hydrogen-bond donors (Lipinski definition) is 1. The minimum Gasteiger partial charge on any atom is -0.323 e. The third kappa shape index (κ3) is 3.25. The highest BCUT2D eigenvalue weighted by atomic mass is 32.1. The zero-order valence-corrected chi connectivity index (χ0v) is 14.8. The number of thiazole rings is 1. The number of unbranched alkanes of at least 4 members (excludes halogenated alkanes) is 1. The van der Waals surface area contributed by atoms with Crippen molar-refractivity contribution >= 4 is 43.9 Å². The van der Waals surface area contributed by atoms with Crippen molar-refractivity contribution in [2.75, 3.05) is 5.43 Å². The molecular weight excluding hydrogens is 330 g/mol. The Balaban J connectivity index is 1.59. The normalized spacial score (nSPS) is 11.7. The number of hydrogen-bond acceptors (Lipinski definition) is 5. The number of nitrogens with zero attached hydrogens (tertiary/aromatic N) is 4. The molecule has 5 nitrogen and oxygen atoms in total. The predicted molar refractivity (Wildman–Crippen MR) is 105 cm³/mol. The van der Waals surface area contributed by atoms with Crippen LogP contribution in [-0.4, -0.2) is 20.7 Å². The lowest BCUT2D eigenvalue weighted by Crippen LogP contribution is -2.04. The first-order chi connectivity index (χ1) is 12.3. The largest absolute Gasteiger partial charge is 0.323 e. The van der Waals surface area contributed by atoms with E-state index in [-0.39, 0.29) is 0 Å². The molecule has 25 heavy (non-hydrogen) atoms. The molecule has 126 valence electrons. The van der Waals surface area contributed by atoms with Crippen LogP contribution in [0.2, 0.25) is 0 Å². The third-order valence-corrected chi connectivity index (χ3v) is 4.99. The van der Waals surface area contributed by atoms with Crippen molar-refractivity contribution in [3.8, 4) is 0 Å². The summed E-state index contributed by atoms with van der Waals surface area (Å²) in [7, 11) is 0. The predicted octanol–water partition coefficient (Wildman–Crippen LogP) is 4.89. The van der Waals surface area contributed by atoms with Gasteiger partial charge >= 0.3 is 0 Å². The molecule has 4 rings (SSSR count). The van der Waals surface area contributed by atoms with Crippen LogP contribution >= 0.6 is 11.3 Å². The van der Waals surface area contributed by atoms with Gasteiger partial charge in [0.1, 0.15) is 0 Å². The van der Waals surface area contributed by atoms with E-state index in [0.29, 0.717) is 0 Å². The summed E-state index contributed by atoms with van der Waals surface area (Å²) in [5.41, 5.74) is 6.17. The van der Waals surface area contributed by atoms with Gasteiger partial charge in [-0.25, -0.2) is 9.97 Å². The molecule has 0 aliphatic carbocycles. The van der Waals surface area contributed by atoms with Crippen LogP contribution in [0, 0.1) is 0 Å². The Labute approximate surface area is 150 Å². The van der Waals surface area contributed by atoms with E-state index >= 15 is 0 Å². The van der Waals surface area contributed by atoms with Gasteiger partial charge < -0.3 is 4.57 Å². The van der Waals surface area contributed by atoms with Gasteiger partial charge in [0.15, 0.2) is 5.82 Å². The second-order valence-electron chi connectivity index (χ2n) is 5.82. The summed E-state index contributed by atoms with van der Waals surface area (Å²) in [4.78, 5) is 9.22. The topological polar surface area (TPSA) is 55.1 Å². The number of rotatable bonds is 6. The standard InChI is InChI=1S/C19H19N5S/c1-2-3-12-24-16-10-6-4-8-14(16)21-18(24)13-20-23-19-22-15-9-5-7-11-17(15)25-19/h4-11,13H,2-3,12H2,1H3,(H,22,23). The first kappa shape index (κ1) is 15.8. The number of aryl methyl sites for hydroxylation is 1. The first-order valence-electron chi connectivity index (χ1n) is 8.45. The van der Waals surface area contributed by atoms with E-state index in [1.165, 1.54) is 0 Å². The summed E-state index contributed by atoms with van der Waals surface area (Å²) in [6, 6.07) is 16.3. The van der Waals surface area contributed by atoms with Gasteiger partial charge in [-0.1, -0.05) is 48.9 Å². The molecule has 0 saturated carbocycles. The fourth-order valence-corrected chi connectivity index (χ4v) is 3.62. The Morgan fingerprint density at radius 3 is 2.72 bits per heavy atom. The Morgan fingerprint density at radius 1 is 1.08 bits per heavy atom. The van der Waals surface area contributed by atoms with E-state index in [1.807, 2.05) is 36.4 Å². The van der Waals surface area contributed by atoms with E-state index in [9.17, 15) is 0 Å². The van der Waals surface area contributed by atoms with E-state index in [2.05, 4.69) is 39.1 Å². The molecule has 0 aliphatic rings. The highest BCUT2D eigenvalue weighted by molar-refractivity contribution is 7.22. The smallest absolute Gasteiger partial charge is 0.204 e. The average molecular weight is 349 g/mol. The van der Waals surface area contributed by atoms with Crippen LogP contribution in [-0.2, 0) is 6.54 Å². The van der Waals surface area contributed by atoms with E-state index < -0.39 is 0 Å². The van der Waals surface area contributed by atoms with Crippen molar-refractivity contribution in [2.24, 2.45) is 5.10 Å². The Morgan fingerprint density at radius 2 is 1.88 bits per heavy atom. The molecule has 0 fully saturated rings. The number of nitrogens with one attached hydrogen (secondary N) is 1. The minimum atomic E-state index is 0.786. The summed E-state index contributed by atoms with van der Waals surface area (Å²) in [5.74, 6) is 0.864. The van der Waals surface area contributed by atoms with Crippen molar-refractivity contribution < 1.29 is 0 Å². The SMILES string of the molecule is CCCCn1c(C=NNc2nc3ccccc3s2)nc2ccccc21. The third-order valence-electron chi connectivity index (χ3n) is 4.05. The second-order valence-corrected chi connectivity index (χ2v) is 6.85. The molecule has 0 unspecified atom stereocenters. The lowest BCUT2D eigenvalue weighted by molar-refractivity contribution is 0.642. The van der Waals surface area contributed by atoms with Crippen LogP contribution < -0.4 is 5.43 Å². The molecule has 4 aromatic rings. The molecule has 0 aliphatic heterocycles. The summed E-state index contributed by atoms with van der Waals surface area (Å²) in [5, 5.41) is 5.15. The van der Waals surface area contributed by atoms with Gasteiger partial charge in [-0.05, 0) is 30.7 Å². The number of anilines is 1.